The zero-order chi connectivity index (χ0) is 12.7. The minimum absolute atomic E-state index is 0.0546. The summed E-state index contributed by atoms with van der Waals surface area (Å²) < 4.78 is 1.46. The predicted molar refractivity (Wildman–Crippen MR) is 63.8 cm³/mol. The Morgan fingerprint density at radius 1 is 1.53 bits per heavy atom. The van der Waals surface area contributed by atoms with E-state index in [2.05, 4.69) is 5.10 Å². The highest BCUT2D eigenvalue weighted by Gasteiger charge is 2.17. The number of ketones is 1. The molecule has 0 unspecified atom stereocenters. The zero-order valence-electron chi connectivity index (χ0n) is 9.90. The maximum atomic E-state index is 11.6. The molecule has 0 spiro atoms. The summed E-state index contributed by atoms with van der Waals surface area (Å²) in [7, 11) is 0. The molecule has 0 aliphatic carbocycles. The van der Waals surface area contributed by atoms with Crippen LogP contribution in [0.15, 0.2) is 6.07 Å². The second kappa shape index (κ2) is 3.59. The van der Waals surface area contributed by atoms with Gasteiger partial charge in [-0.15, -0.1) is 0 Å². The standard InChI is InChI=1S/C12H12N4O/c1-6-4-10-11(8(3)17)7(2)15-16(10)12(14)9(6)5-13/h4H,14H2,1-3H3. The highest BCUT2D eigenvalue weighted by Crippen LogP contribution is 2.24. The van der Waals surface area contributed by atoms with E-state index < -0.39 is 0 Å². The lowest BCUT2D eigenvalue weighted by Crippen LogP contribution is -2.04. The molecule has 0 atom stereocenters. The van der Waals surface area contributed by atoms with E-state index in [4.69, 9.17) is 11.0 Å². The minimum Gasteiger partial charge on any atom is -0.383 e. The summed E-state index contributed by atoms with van der Waals surface area (Å²) in [6.07, 6.45) is 0. The molecule has 2 rings (SSSR count). The predicted octanol–water partition coefficient (Wildman–Crippen LogP) is 1.61. The molecular formula is C12H12N4O. The van der Waals surface area contributed by atoms with Crippen molar-refractivity contribution in [2.24, 2.45) is 0 Å². The number of Topliss-reactive ketones (excluding diaryl/α,β-unsaturated/α-hetero) is 1. The van der Waals surface area contributed by atoms with Gasteiger partial charge in [-0.1, -0.05) is 0 Å². The van der Waals surface area contributed by atoms with Crippen LogP contribution in [0.1, 0.15) is 34.1 Å². The van der Waals surface area contributed by atoms with Crippen molar-refractivity contribution in [2.75, 3.05) is 5.73 Å². The number of rotatable bonds is 1. The monoisotopic (exact) mass is 228 g/mol. The first-order chi connectivity index (χ1) is 7.97. The molecule has 2 heterocycles. The van der Waals surface area contributed by atoms with Gasteiger partial charge in [-0.2, -0.15) is 10.4 Å². The van der Waals surface area contributed by atoms with Gasteiger partial charge in [0.25, 0.3) is 0 Å². The Morgan fingerprint density at radius 3 is 2.71 bits per heavy atom. The van der Waals surface area contributed by atoms with Crippen molar-refractivity contribution in [2.45, 2.75) is 20.8 Å². The minimum atomic E-state index is -0.0546. The molecule has 0 aliphatic heterocycles. The third-order valence-corrected chi connectivity index (χ3v) is 2.79. The first-order valence-corrected chi connectivity index (χ1v) is 5.16. The first kappa shape index (κ1) is 11.1. The van der Waals surface area contributed by atoms with E-state index >= 15 is 0 Å². The van der Waals surface area contributed by atoms with Crippen molar-refractivity contribution in [1.82, 2.24) is 9.61 Å². The molecule has 0 amide bonds. The molecule has 0 bridgehead atoms. The number of nitrogens with zero attached hydrogens (tertiary/aromatic N) is 3. The van der Waals surface area contributed by atoms with Crippen LogP contribution in [0.4, 0.5) is 5.82 Å². The van der Waals surface area contributed by atoms with Crippen LogP contribution in [-0.2, 0) is 0 Å². The Bertz CT molecular complexity index is 676. The molecule has 0 saturated carbocycles. The summed E-state index contributed by atoms with van der Waals surface area (Å²) in [5.74, 6) is 0.221. The summed E-state index contributed by atoms with van der Waals surface area (Å²) in [6.45, 7) is 5.04. The van der Waals surface area contributed by atoms with Gasteiger partial charge in [-0.3, -0.25) is 4.79 Å². The van der Waals surface area contributed by atoms with Crippen LogP contribution in [0.5, 0.6) is 0 Å². The number of carbonyl (C=O) groups excluding carboxylic acids is 1. The summed E-state index contributed by atoms with van der Waals surface area (Å²) in [4.78, 5) is 11.6. The van der Waals surface area contributed by atoms with Crippen LogP contribution >= 0.6 is 0 Å². The van der Waals surface area contributed by atoms with Gasteiger partial charge in [0.1, 0.15) is 11.9 Å². The fourth-order valence-electron chi connectivity index (χ4n) is 2.03. The van der Waals surface area contributed by atoms with E-state index in [9.17, 15) is 4.79 Å². The number of nitrogen functional groups attached to an aromatic ring is 1. The number of nitriles is 1. The van der Waals surface area contributed by atoms with E-state index in [-0.39, 0.29) is 11.6 Å². The van der Waals surface area contributed by atoms with E-state index in [1.165, 1.54) is 11.4 Å². The lowest BCUT2D eigenvalue weighted by Gasteiger charge is -2.05. The number of aryl methyl sites for hydroxylation is 2. The molecule has 2 aromatic rings. The molecule has 0 saturated heterocycles. The second-order valence-electron chi connectivity index (χ2n) is 4.01. The first-order valence-electron chi connectivity index (χ1n) is 5.16. The molecule has 5 heteroatoms. The lowest BCUT2D eigenvalue weighted by atomic mass is 10.1. The Labute approximate surface area is 98.5 Å². The van der Waals surface area contributed by atoms with Gasteiger partial charge >= 0.3 is 0 Å². The van der Waals surface area contributed by atoms with Gasteiger partial charge < -0.3 is 5.73 Å². The SMILES string of the molecule is CC(=O)c1c(C)nn2c(N)c(C#N)c(C)cc12. The fourth-order valence-corrected chi connectivity index (χ4v) is 2.03. The topological polar surface area (TPSA) is 84.2 Å². The van der Waals surface area contributed by atoms with Crippen LogP contribution in [0.25, 0.3) is 5.52 Å². The van der Waals surface area contributed by atoms with Crippen LogP contribution in [0.2, 0.25) is 0 Å². The Kier molecular flexibility index (Phi) is 2.36. The number of hydrogen-bond acceptors (Lipinski definition) is 4. The van der Waals surface area contributed by atoms with Crippen LogP contribution in [0, 0.1) is 25.2 Å². The van der Waals surface area contributed by atoms with Gasteiger partial charge in [-0.25, -0.2) is 4.52 Å². The van der Waals surface area contributed by atoms with Crippen molar-refractivity contribution in [3.8, 4) is 6.07 Å². The highest BCUT2D eigenvalue weighted by molar-refractivity contribution is 6.02. The second-order valence-corrected chi connectivity index (χ2v) is 4.01. The van der Waals surface area contributed by atoms with Gasteiger partial charge in [0.15, 0.2) is 5.78 Å². The normalized spacial score (nSPS) is 10.5. The summed E-state index contributed by atoms with van der Waals surface area (Å²) in [6, 6.07) is 3.81. The number of pyridine rings is 1. The molecule has 2 aromatic heterocycles. The van der Waals surface area contributed by atoms with Crippen molar-refractivity contribution < 1.29 is 4.79 Å². The third kappa shape index (κ3) is 1.46. The molecular weight excluding hydrogens is 216 g/mol. The number of anilines is 1. The molecule has 0 aromatic carbocycles. The van der Waals surface area contributed by atoms with Crippen LogP contribution < -0.4 is 5.73 Å². The van der Waals surface area contributed by atoms with E-state index in [0.717, 1.165) is 5.56 Å². The van der Waals surface area contributed by atoms with Crippen molar-refractivity contribution >= 4 is 17.1 Å². The summed E-state index contributed by atoms with van der Waals surface area (Å²) in [5, 5.41) is 13.2. The molecule has 17 heavy (non-hydrogen) atoms. The average molecular weight is 228 g/mol. The Balaban J connectivity index is 2.98. The molecule has 0 aliphatic rings. The Hall–Kier alpha value is -2.35. The number of nitrogens with two attached hydrogens (primary N) is 1. The van der Waals surface area contributed by atoms with Gasteiger partial charge in [-0.05, 0) is 32.4 Å². The highest BCUT2D eigenvalue weighted by atomic mass is 16.1. The van der Waals surface area contributed by atoms with Crippen molar-refractivity contribution in [3.05, 3.63) is 28.5 Å². The van der Waals surface area contributed by atoms with E-state index in [1.807, 2.05) is 6.07 Å². The quantitative estimate of drug-likeness (QED) is 0.751. The summed E-state index contributed by atoms with van der Waals surface area (Å²) >= 11 is 0. The third-order valence-electron chi connectivity index (χ3n) is 2.79. The molecule has 0 fully saturated rings. The Morgan fingerprint density at radius 2 is 2.18 bits per heavy atom. The molecule has 86 valence electrons. The van der Waals surface area contributed by atoms with Crippen molar-refractivity contribution in [3.63, 3.8) is 0 Å². The maximum absolute atomic E-state index is 11.6. The zero-order valence-corrected chi connectivity index (χ0v) is 9.90. The maximum Gasteiger partial charge on any atom is 0.163 e. The number of hydrogen-bond donors (Lipinski definition) is 1. The van der Waals surface area contributed by atoms with Gasteiger partial charge in [0.2, 0.25) is 0 Å². The van der Waals surface area contributed by atoms with Crippen LogP contribution in [-0.4, -0.2) is 15.4 Å². The lowest BCUT2D eigenvalue weighted by molar-refractivity contribution is 0.101. The van der Waals surface area contributed by atoms with Gasteiger partial charge in [0, 0.05) is 0 Å². The van der Waals surface area contributed by atoms with Gasteiger partial charge in [0.05, 0.1) is 22.3 Å². The van der Waals surface area contributed by atoms with Crippen LogP contribution in [0.3, 0.4) is 0 Å². The smallest absolute Gasteiger partial charge is 0.163 e. The van der Waals surface area contributed by atoms with Crippen molar-refractivity contribution in [1.29, 1.82) is 5.26 Å². The molecule has 2 N–H and O–H groups in total. The number of fused-ring (bicyclic) bond motifs is 1. The summed E-state index contributed by atoms with van der Waals surface area (Å²) in [5.41, 5.74) is 8.87. The fraction of sp³-hybridized carbons (Fsp3) is 0.250. The van der Waals surface area contributed by atoms with E-state index in [1.54, 1.807) is 19.9 Å². The molecule has 0 radical (unpaired) electrons. The molecule has 5 nitrogen and oxygen atoms in total. The largest absolute Gasteiger partial charge is 0.383 e. The number of aromatic nitrogens is 2. The van der Waals surface area contributed by atoms with E-state index in [0.29, 0.717) is 22.3 Å². The average Bonchev–Trinajstić information content (AvgIpc) is 2.55. The number of carbonyl (C=O) groups is 1.